The molecule has 11 nitrogen and oxygen atoms in total. The van der Waals surface area contributed by atoms with E-state index >= 15 is 0 Å². The third-order valence-electron chi connectivity index (χ3n) is 5.84. The van der Waals surface area contributed by atoms with Gasteiger partial charge in [0.1, 0.15) is 24.1 Å². The van der Waals surface area contributed by atoms with Crippen LogP contribution in [0.1, 0.15) is 17.4 Å². The monoisotopic (exact) mass is 472 g/mol. The summed E-state index contributed by atoms with van der Waals surface area (Å²) >= 11 is 0. The zero-order chi connectivity index (χ0) is 24.0. The zero-order valence-electron chi connectivity index (χ0n) is 18.8. The number of ether oxygens (including phenoxy) is 3. The van der Waals surface area contributed by atoms with E-state index in [1.807, 2.05) is 60.7 Å². The number of azide groups is 1. The number of fused-ring (bicyclic) bond motifs is 1. The lowest BCUT2D eigenvalue weighted by molar-refractivity contribution is -0.0894. The van der Waals surface area contributed by atoms with Gasteiger partial charge in [0.25, 0.3) is 0 Å². The van der Waals surface area contributed by atoms with Crippen molar-refractivity contribution in [2.45, 2.75) is 37.8 Å². The number of anilines is 1. The van der Waals surface area contributed by atoms with E-state index in [2.05, 4.69) is 25.0 Å². The molecule has 1 aliphatic rings. The summed E-state index contributed by atoms with van der Waals surface area (Å²) in [6.45, 7) is 0.773. The molecule has 3 heterocycles. The van der Waals surface area contributed by atoms with Crippen molar-refractivity contribution in [3.05, 3.63) is 94.9 Å². The molecular formula is C24H24N8O3. The van der Waals surface area contributed by atoms with Gasteiger partial charge in [-0.15, -0.1) is 0 Å². The summed E-state index contributed by atoms with van der Waals surface area (Å²) < 4.78 is 20.9. The number of nitrogen functional groups attached to an aromatic ring is 1. The number of nitrogens with zero attached hydrogens (tertiary/aromatic N) is 7. The fourth-order valence-electron chi connectivity index (χ4n) is 4.16. The highest BCUT2D eigenvalue weighted by Crippen LogP contribution is 2.37. The Morgan fingerprint density at radius 1 is 0.943 bits per heavy atom. The van der Waals surface area contributed by atoms with Crippen LogP contribution in [0.25, 0.3) is 21.6 Å². The topological polar surface area (TPSA) is 146 Å². The van der Waals surface area contributed by atoms with Crippen LogP contribution in [0.3, 0.4) is 0 Å². The van der Waals surface area contributed by atoms with Crippen LogP contribution < -0.4 is 5.73 Å². The molecule has 0 radical (unpaired) electrons. The van der Waals surface area contributed by atoms with Gasteiger partial charge in [0, 0.05) is 4.91 Å². The van der Waals surface area contributed by atoms with Crippen LogP contribution in [-0.4, -0.2) is 44.4 Å². The van der Waals surface area contributed by atoms with E-state index in [9.17, 15) is 0 Å². The van der Waals surface area contributed by atoms with Crippen LogP contribution in [0, 0.1) is 0 Å². The van der Waals surface area contributed by atoms with Gasteiger partial charge in [-0.3, -0.25) is 4.57 Å². The van der Waals surface area contributed by atoms with Crippen molar-refractivity contribution in [3.63, 3.8) is 0 Å². The van der Waals surface area contributed by atoms with E-state index in [4.69, 9.17) is 25.5 Å². The summed E-state index contributed by atoms with van der Waals surface area (Å²) in [6, 6.07) is 19.7. The standard InChI is InChI=1S/C24H24N8O3/c25-22-19-23(28-14-27-22)32(15-29-19)24-21(34-13-17-9-5-2-6-10-17)20(18(35-24)11-30-31-26)33-12-16-7-3-1-4-8-16/h1-10,14-15,18,20-21,24H,11-13H2,(H2,25,27,28). The quantitative estimate of drug-likeness (QED) is 0.221. The molecule has 1 fully saturated rings. The molecule has 0 spiro atoms. The maximum absolute atomic E-state index is 8.95. The predicted molar refractivity (Wildman–Crippen MR) is 128 cm³/mol. The second kappa shape index (κ2) is 10.5. The van der Waals surface area contributed by atoms with Crippen LogP contribution in [0.5, 0.6) is 0 Å². The Labute approximate surface area is 201 Å². The van der Waals surface area contributed by atoms with Gasteiger partial charge in [0.2, 0.25) is 0 Å². The van der Waals surface area contributed by atoms with Gasteiger partial charge in [-0.1, -0.05) is 65.8 Å². The van der Waals surface area contributed by atoms with Gasteiger partial charge in [-0.25, -0.2) is 15.0 Å². The minimum atomic E-state index is -0.641. The number of aromatic nitrogens is 4. The summed E-state index contributed by atoms with van der Waals surface area (Å²) in [6.07, 6.45) is 0.724. The molecule has 178 valence electrons. The molecule has 1 aliphatic heterocycles. The van der Waals surface area contributed by atoms with E-state index in [0.717, 1.165) is 11.1 Å². The number of hydrogen-bond donors (Lipinski definition) is 1. The molecule has 2 aromatic carbocycles. The predicted octanol–water partition coefficient (Wildman–Crippen LogP) is 3.79. The fraction of sp³-hybridized carbons (Fsp3) is 0.292. The summed E-state index contributed by atoms with van der Waals surface area (Å²) in [4.78, 5) is 15.7. The van der Waals surface area contributed by atoms with E-state index in [0.29, 0.717) is 24.4 Å². The molecule has 1 saturated heterocycles. The molecule has 5 rings (SSSR count). The van der Waals surface area contributed by atoms with Crippen LogP contribution in [0.2, 0.25) is 0 Å². The maximum atomic E-state index is 8.95. The lowest BCUT2D eigenvalue weighted by Gasteiger charge is -2.25. The molecular weight excluding hydrogens is 448 g/mol. The van der Waals surface area contributed by atoms with Crippen LogP contribution in [-0.2, 0) is 27.4 Å². The van der Waals surface area contributed by atoms with Crippen molar-refractivity contribution in [2.75, 3.05) is 12.3 Å². The summed E-state index contributed by atoms with van der Waals surface area (Å²) in [5.74, 6) is 0.274. The van der Waals surface area contributed by atoms with Crippen molar-refractivity contribution in [1.29, 1.82) is 0 Å². The summed E-state index contributed by atoms with van der Waals surface area (Å²) in [5, 5.41) is 3.75. The second-order valence-corrected chi connectivity index (χ2v) is 8.08. The fourth-order valence-corrected chi connectivity index (χ4v) is 4.16. The van der Waals surface area contributed by atoms with Crippen LogP contribution in [0.4, 0.5) is 5.82 Å². The largest absolute Gasteiger partial charge is 0.382 e. The molecule has 2 N–H and O–H groups in total. The molecule has 0 aliphatic carbocycles. The molecule has 4 atom stereocenters. The van der Waals surface area contributed by atoms with Crippen molar-refractivity contribution < 1.29 is 14.2 Å². The summed E-state index contributed by atoms with van der Waals surface area (Å²) in [7, 11) is 0. The van der Waals surface area contributed by atoms with Crippen molar-refractivity contribution in [2.24, 2.45) is 5.11 Å². The Kier molecular flexibility index (Phi) is 6.82. The highest BCUT2D eigenvalue weighted by Gasteiger charge is 2.47. The van der Waals surface area contributed by atoms with E-state index in [1.165, 1.54) is 6.33 Å². The number of benzene rings is 2. The number of nitrogens with two attached hydrogens (primary N) is 1. The van der Waals surface area contributed by atoms with E-state index in [1.54, 1.807) is 10.9 Å². The van der Waals surface area contributed by atoms with Gasteiger partial charge < -0.3 is 19.9 Å². The molecule has 11 heteroatoms. The number of imidazole rings is 1. The molecule has 2 aromatic heterocycles. The minimum absolute atomic E-state index is 0.0847. The van der Waals surface area contributed by atoms with E-state index in [-0.39, 0.29) is 12.4 Å². The van der Waals surface area contributed by atoms with Crippen LogP contribution >= 0.6 is 0 Å². The molecule has 0 saturated carbocycles. The lowest BCUT2D eigenvalue weighted by atomic mass is 10.1. The Balaban J connectivity index is 1.48. The second-order valence-electron chi connectivity index (χ2n) is 8.08. The molecule has 35 heavy (non-hydrogen) atoms. The normalized spacial score (nSPS) is 21.7. The third-order valence-corrected chi connectivity index (χ3v) is 5.84. The number of hydrogen-bond acceptors (Lipinski definition) is 8. The molecule has 4 aromatic rings. The first kappa shape index (κ1) is 22.8. The van der Waals surface area contributed by atoms with Crippen LogP contribution in [0.15, 0.2) is 78.4 Å². The zero-order valence-corrected chi connectivity index (χ0v) is 18.8. The maximum Gasteiger partial charge on any atom is 0.167 e. The molecule has 0 bridgehead atoms. The van der Waals surface area contributed by atoms with Gasteiger partial charge >= 0.3 is 0 Å². The van der Waals surface area contributed by atoms with Gasteiger partial charge in [0.05, 0.1) is 32.2 Å². The average Bonchev–Trinajstić information content (AvgIpc) is 3.48. The SMILES string of the molecule is [N-]=[N+]=NCC1OC(n2cnc3c(N)ncnc32)C(OCc2ccccc2)C1OCc1ccccc1. The number of rotatable bonds is 9. The lowest BCUT2D eigenvalue weighted by Crippen LogP contribution is -2.37. The van der Waals surface area contributed by atoms with Crippen molar-refractivity contribution >= 4 is 17.0 Å². The Morgan fingerprint density at radius 3 is 2.26 bits per heavy atom. The average molecular weight is 473 g/mol. The van der Waals surface area contributed by atoms with Crippen molar-refractivity contribution in [3.8, 4) is 0 Å². The summed E-state index contributed by atoms with van der Waals surface area (Å²) in [5.41, 5.74) is 17.9. The molecule has 4 unspecified atom stereocenters. The first-order valence-corrected chi connectivity index (χ1v) is 11.1. The minimum Gasteiger partial charge on any atom is -0.382 e. The van der Waals surface area contributed by atoms with Crippen molar-refractivity contribution in [1.82, 2.24) is 19.5 Å². The van der Waals surface area contributed by atoms with Gasteiger partial charge in [-0.05, 0) is 16.7 Å². The Hall–Kier alpha value is -4.02. The van der Waals surface area contributed by atoms with Gasteiger partial charge in [0.15, 0.2) is 17.7 Å². The Bertz CT molecular complexity index is 1310. The third kappa shape index (κ3) is 4.93. The van der Waals surface area contributed by atoms with E-state index < -0.39 is 24.5 Å². The Morgan fingerprint density at radius 2 is 1.60 bits per heavy atom. The molecule has 0 amide bonds. The highest BCUT2D eigenvalue weighted by atomic mass is 16.6. The highest BCUT2D eigenvalue weighted by molar-refractivity contribution is 5.81. The first-order valence-electron chi connectivity index (χ1n) is 11.1. The first-order chi connectivity index (χ1) is 17.2. The smallest absolute Gasteiger partial charge is 0.167 e. The van der Waals surface area contributed by atoms with Gasteiger partial charge in [-0.2, -0.15) is 0 Å².